The molecule has 1 heterocycles. The van der Waals surface area contributed by atoms with Gasteiger partial charge in [0.15, 0.2) is 0 Å². The Morgan fingerprint density at radius 3 is 2.83 bits per heavy atom. The van der Waals surface area contributed by atoms with Gasteiger partial charge in [-0.2, -0.15) is 0 Å². The van der Waals surface area contributed by atoms with Crippen molar-refractivity contribution in [3.05, 3.63) is 64.0 Å². The average molecular weight is 249 g/mol. The van der Waals surface area contributed by atoms with Crippen molar-refractivity contribution < 1.29 is 13.5 Å². The number of rotatable bonds is 4. The Kier molecular flexibility index (Phi) is 3.74. The molecule has 0 spiro atoms. The first-order valence-electron chi connectivity index (χ1n) is 5.38. The van der Waals surface area contributed by atoms with Gasteiger partial charge >= 0.3 is 0 Å². The molecule has 0 radical (unpaired) electrons. The van der Waals surface area contributed by atoms with Crippen molar-refractivity contribution in [2.75, 3.05) is 0 Å². The molecule has 0 unspecified atom stereocenters. The molecule has 0 aliphatic carbocycles. The van der Waals surface area contributed by atoms with Crippen LogP contribution in [0.4, 0.5) is 4.39 Å². The average Bonchev–Trinajstić information content (AvgIpc) is 2.37. The molecule has 2 N–H and O–H groups in total. The minimum atomic E-state index is -0.346. The SMILES string of the molecule is NCc1cc(=O)c(OCc2cccc(F)c2)co1. The maximum atomic E-state index is 12.9. The van der Waals surface area contributed by atoms with Crippen LogP contribution in [0.3, 0.4) is 0 Å². The molecule has 18 heavy (non-hydrogen) atoms. The molecule has 0 saturated carbocycles. The molecule has 2 aromatic rings. The summed E-state index contributed by atoms with van der Waals surface area (Å²) in [6.45, 7) is 0.254. The van der Waals surface area contributed by atoms with Crippen molar-refractivity contribution in [3.63, 3.8) is 0 Å². The molecule has 0 bridgehead atoms. The van der Waals surface area contributed by atoms with Crippen molar-refractivity contribution in [3.8, 4) is 5.75 Å². The van der Waals surface area contributed by atoms with E-state index >= 15 is 0 Å². The first kappa shape index (κ1) is 12.3. The normalized spacial score (nSPS) is 10.3. The Bertz CT molecular complexity index is 595. The van der Waals surface area contributed by atoms with Gasteiger partial charge in [-0.15, -0.1) is 0 Å². The van der Waals surface area contributed by atoms with Gasteiger partial charge in [0.2, 0.25) is 11.2 Å². The summed E-state index contributed by atoms with van der Waals surface area (Å²) in [5.74, 6) is 0.121. The molecule has 0 atom stereocenters. The van der Waals surface area contributed by atoms with E-state index in [-0.39, 0.29) is 30.1 Å². The van der Waals surface area contributed by atoms with Gasteiger partial charge in [-0.25, -0.2) is 4.39 Å². The van der Waals surface area contributed by atoms with E-state index in [2.05, 4.69) is 0 Å². The highest BCUT2D eigenvalue weighted by molar-refractivity contribution is 5.20. The standard InChI is InChI=1S/C13H12FNO3/c14-10-3-1-2-9(4-10)7-18-13-8-17-11(6-15)5-12(13)16/h1-5,8H,6-7,15H2. The Morgan fingerprint density at radius 1 is 1.33 bits per heavy atom. The Labute approximate surface area is 103 Å². The summed E-state index contributed by atoms with van der Waals surface area (Å²) >= 11 is 0. The van der Waals surface area contributed by atoms with Crippen LogP contribution in [-0.4, -0.2) is 0 Å². The lowest BCUT2D eigenvalue weighted by Gasteiger charge is -2.05. The van der Waals surface area contributed by atoms with E-state index in [0.29, 0.717) is 11.3 Å². The van der Waals surface area contributed by atoms with Crippen molar-refractivity contribution in [2.24, 2.45) is 5.73 Å². The van der Waals surface area contributed by atoms with E-state index in [0.717, 1.165) is 0 Å². The van der Waals surface area contributed by atoms with Gasteiger partial charge in [0, 0.05) is 6.07 Å². The summed E-state index contributed by atoms with van der Waals surface area (Å²) in [5.41, 5.74) is 5.66. The third kappa shape index (κ3) is 2.95. The maximum Gasteiger partial charge on any atom is 0.227 e. The molecule has 0 aliphatic rings. The third-order valence-corrected chi connectivity index (χ3v) is 2.34. The molecule has 2 rings (SSSR count). The molecule has 0 fully saturated rings. The highest BCUT2D eigenvalue weighted by Gasteiger charge is 2.04. The number of hydrogen-bond acceptors (Lipinski definition) is 4. The molecule has 4 nitrogen and oxygen atoms in total. The van der Waals surface area contributed by atoms with Gasteiger partial charge in [-0.1, -0.05) is 12.1 Å². The van der Waals surface area contributed by atoms with E-state index in [1.54, 1.807) is 12.1 Å². The van der Waals surface area contributed by atoms with Crippen molar-refractivity contribution in [2.45, 2.75) is 13.2 Å². The molecular formula is C13H12FNO3. The fourth-order valence-corrected chi connectivity index (χ4v) is 1.44. The maximum absolute atomic E-state index is 12.9. The molecular weight excluding hydrogens is 237 g/mol. The van der Waals surface area contributed by atoms with Crippen LogP contribution >= 0.6 is 0 Å². The zero-order chi connectivity index (χ0) is 13.0. The molecule has 1 aromatic heterocycles. The fraction of sp³-hybridized carbons (Fsp3) is 0.154. The zero-order valence-corrected chi connectivity index (χ0v) is 9.56. The van der Waals surface area contributed by atoms with Crippen LogP contribution in [0.1, 0.15) is 11.3 Å². The fourth-order valence-electron chi connectivity index (χ4n) is 1.44. The van der Waals surface area contributed by atoms with Crippen LogP contribution in [-0.2, 0) is 13.2 Å². The number of halogens is 1. The zero-order valence-electron chi connectivity index (χ0n) is 9.56. The summed E-state index contributed by atoms with van der Waals surface area (Å²) in [6.07, 6.45) is 1.21. The molecule has 0 saturated heterocycles. The summed E-state index contributed by atoms with van der Waals surface area (Å²) in [6, 6.07) is 7.25. The van der Waals surface area contributed by atoms with Crippen LogP contribution < -0.4 is 15.9 Å². The second kappa shape index (κ2) is 5.46. The molecule has 0 aliphatic heterocycles. The van der Waals surface area contributed by atoms with E-state index in [1.807, 2.05) is 0 Å². The van der Waals surface area contributed by atoms with E-state index in [1.165, 1.54) is 24.5 Å². The van der Waals surface area contributed by atoms with Gasteiger partial charge in [0.1, 0.15) is 24.4 Å². The van der Waals surface area contributed by atoms with Gasteiger partial charge in [0.05, 0.1) is 6.54 Å². The Hall–Kier alpha value is -2.14. The third-order valence-electron chi connectivity index (χ3n) is 2.34. The Morgan fingerprint density at radius 2 is 2.17 bits per heavy atom. The highest BCUT2D eigenvalue weighted by atomic mass is 19.1. The number of ether oxygens (including phenoxy) is 1. The predicted molar refractivity (Wildman–Crippen MR) is 63.6 cm³/mol. The lowest BCUT2D eigenvalue weighted by Crippen LogP contribution is -2.09. The summed E-state index contributed by atoms with van der Waals surface area (Å²) in [4.78, 5) is 11.6. The van der Waals surface area contributed by atoms with Gasteiger partial charge in [0.25, 0.3) is 0 Å². The number of nitrogens with two attached hydrogens (primary N) is 1. The first-order chi connectivity index (χ1) is 8.69. The quantitative estimate of drug-likeness (QED) is 0.897. The van der Waals surface area contributed by atoms with Crippen LogP contribution in [0, 0.1) is 5.82 Å². The molecule has 1 aromatic carbocycles. The summed E-state index contributed by atoms with van der Waals surface area (Å²) in [5, 5.41) is 0. The van der Waals surface area contributed by atoms with E-state index < -0.39 is 0 Å². The summed E-state index contributed by atoms with van der Waals surface area (Å²) < 4.78 is 23.3. The van der Waals surface area contributed by atoms with Crippen LogP contribution in [0.5, 0.6) is 5.75 Å². The Balaban J connectivity index is 2.09. The predicted octanol–water partition coefficient (Wildman–Crippen LogP) is 1.82. The van der Waals surface area contributed by atoms with E-state index in [9.17, 15) is 9.18 Å². The second-order valence-corrected chi connectivity index (χ2v) is 3.70. The first-order valence-corrected chi connectivity index (χ1v) is 5.38. The number of benzene rings is 1. The van der Waals surface area contributed by atoms with E-state index in [4.69, 9.17) is 14.9 Å². The lowest BCUT2D eigenvalue weighted by atomic mass is 10.2. The van der Waals surface area contributed by atoms with Crippen LogP contribution in [0.2, 0.25) is 0 Å². The second-order valence-electron chi connectivity index (χ2n) is 3.70. The van der Waals surface area contributed by atoms with Gasteiger partial charge in [-0.05, 0) is 17.7 Å². The molecule has 5 heteroatoms. The minimum Gasteiger partial charge on any atom is -0.482 e. The van der Waals surface area contributed by atoms with Crippen LogP contribution in [0.15, 0.2) is 45.8 Å². The largest absolute Gasteiger partial charge is 0.482 e. The van der Waals surface area contributed by atoms with Crippen molar-refractivity contribution >= 4 is 0 Å². The van der Waals surface area contributed by atoms with Crippen molar-refractivity contribution in [1.29, 1.82) is 0 Å². The topological polar surface area (TPSA) is 65.5 Å². The smallest absolute Gasteiger partial charge is 0.227 e. The number of hydrogen-bond donors (Lipinski definition) is 1. The minimum absolute atomic E-state index is 0.0801. The van der Waals surface area contributed by atoms with Crippen LogP contribution in [0.25, 0.3) is 0 Å². The molecule has 94 valence electrons. The van der Waals surface area contributed by atoms with Crippen molar-refractivity contribution in [1.82, 2.24) is 0 Å². The monoisotopic (exact) mass is 249 g/mol. The van der Waals surface area contributed by atoms with Gasteiger partial charge in [-0.3, -0.25) is 4.79 Å². The molecule has 0 amide bonds. The van der Waals surface area contributed by atoms with Gasteiger partial charge < -0.3 is 14.9 Å². The highest BCUT2D eigenvalue weighted by Crippen LogP contribution is 2.10. The summed E-state index contributed by atoms with van der Waals surface area (Å²) in [7, 11) is 0. The lowest BCUT2D eigenvalue weighted by molar-refractivity contribution is 0.289.